The summed E-state index contributed by atoms with van der Waals surface area (Å²) in [6, 6.07) is -0.133. The Bertz CT molecular complexity index is 486. The Morgan fingerprint density at radius 2 is 2.20 bits per heavy atom. The lowest BCUT2D eigenvalue weighted by atomic mass is 9.98. The molecular formula is C13H19N3O4. The van der Waals surface area contributed by atoms with Gasteiger partial charge in [-0.05, 0) is 38.3 Å². The van der Waals surface area contributed by atoms with Crippen LogP contribution in [-0.4, -0.2) is 46.3 Å². The Labute approximate surface area is 117 Å². The van der Waals surface area contributed by atoms with Crippen molar-refractivity contribution in [3.8, 4) is 0 Å². The summed E-state index contributed by atoms with van der Waals surface area (Å²) in [7, 11) is 0. The van der Waals surface area contributed by atoms with E-state index in [-0.39, 0.29) is 30.0 Å². The molecule has 1 aliphatic heterocycles. The van der Waals surface area contributed by atoms with E-state index in [4.69, 9.17) is 4.74 Å². The normalized spacial score (nSPS) is 18.9. The minimum atomic E-state index is -0.271. The van der Waals surface area contributed by atoms with Gasteiger partial charge in [0.05, 0.1) is 13.0 Å². The molecule has 2 rings (SSSR count). The third-order valence-electron chi connectivity index (χ3n) is 3.45. The molecule has 1 aliphatic rings. The van der Waals surface area contributed by atoms with Crippen molar-refractivity contribution >= 4 is 11.9 Å². The number of rotatable bonds is 4. The molecule has 0 spiro atoms. The first-order valence-electron chi connectivity index (χ1n) is 6.89. The lowest BCUT2D eigenvalue weighted by molar-refractivity contribution is -0.144. The maximum absolute atomic E-state index is 12.4. The number of hydrogen-bond donors (Lipinski definition) is 0. The summed E-state index contributed by atoms with van der Waals surface area (Å²) in [5, 5.41) is 7.27. The molecule has 0 radical (unpaired) electrons. The topological polar surface area (TPSA) is 85.5 Å². The van der Waals surface area contributed by atoms with E-state index in [0.717, 1.165) is 19.3 Å². The minimum absolute atomic E-state index is 0.133. The lowest BCUT2D eigenvalue weighted by Gasteiger charge is -2.34. The molecule has 1 fully saturated rings. The standard InChI is InChI=1S/C13H19N3O4/c1-3-19-11(17)8-10-6-4-5-7-16(10)13(18)12-9(2)14-20-15-12/h10H,3-8H2,1-2H3. The number of hydrogen-bond acceptors (Lipinski definition) is 6. The molecule has 0 saturated carbocycles. The van der Waals surface area contributed by atoms with Crippen molar-refractivity contribution in [2.24, 2.45) is 0 Å². The van der Waals surface area contributed by atoms with E-state index < -0.39 is 0 Å². The van der Waals surface area contributed by atoms with E-state index in [0.29, 0.717) is 18.8 Å². The maximum Gasteiger partial charge on any atom is 0.307 e. The highest BCUT2D eigenvalue weighted by molar-refractivity contribution is 5.93. The Morgan fingerprint density at radius 1 is 1.40 bits per heavy atom. The number of piperidine rings is 1. The number of carbonyl (C=O) groups excluding carboxylic acids is 2. The SMILES string of the molecule is CCOC(=O)CC1CCCCN1C(=O)c1nonc1C. The van der Waals surface area contributed by atoms with Crippen molar-refractivity contribution in [1.29, 1.82) is 0 Å². The summed E-state index contributed by atoms with van der Waals surface area (Å²) in [6.45, 7) is 4.42. The zero-order valence-corrected chi connectivity index (χ0v) is 11.8. The second kappa shape index (κ2) is 6.49. The first-order chi connectivity index (χ1) is 9.63. The smallest absolute Gasteiger partial charge is 0.307 e. The Hall–Kier alpha value is -1.92. The number of ether oxygens (including phenoxy) is 1. The van der Waals surface area contributed by atoms with E-state index in [1.54, 1.807) is 18.7 Å². The summed E-state index contributed by atoms with van der Waals surface area (Å²) in [4.78, 5) is 25.8. The molecule has 20 heavy (non-hydrogen) atoms. The predicted molar refractivity (Wildman–Crippen MR) is 69.0 cm³/mol. The van der Waals surface area contributed by atoms with E-state index in [2.05, 4.69) is 14.9 Å². The Balaban J connectivity index is 2.08. The molecule has 0 aliphatic carbocycles. The van der Waals surface area contributed by atoms with Gasteiger partial charge in [-0.2, -0.15) is 0 Å². The highest BCUT2D eigenvalue weighted by Gasteiger charge is 2.32. The van der Waals surface area contributed by atoms with Crippen molar-refractivity contribution in [2.75, 3.05) is 13.2 Å². The van der Waals surface area contributed by atoms with Gasteiger partial charge in [-0.3, -0.25) is 9.59 Å². The highest BCUT2D eigenvalue weighted by atomic mass is 16.6. The third-order valence-corrected chi connectivity index (χ3v) is 3.45. The summed E-state index contributed by atoms with van der Waals surface area (Å²) in [5.74, 6) is -0.495. The fourth-order valence-corrected chi connectivity index (χ4v) is 2.45. The second-order valence-electron chi connectivity index (χ2n) is 4.86. The molecule has 2 heterocycles. The maximum atomic E-state index is 12.4. The number of esters is 1. The van der Waals surface area contributed by atoms with E-state index >= 15 is 0 Å². The van der Waals surface area contributed by atoms with Gasteiger partial charge in [-0.1, -0.05) is 5.16 Å². The van der Waals surface area contributed by atoms with E-state index in [1.807, 2.05) is 0 Å². The summed E-state index contributed by atoms with van der Waals surface area (Å²) in [6.07, 6.45) is 2.96. The van der Waals surface area contributed by atoms with Crippen molar-refractivity contribution in [1.82, 2.24) is 15.2 Å². The van der Waals surface area contributed by atoms with Crippen LogP contribution in [-0.2, 0) is 9.53 Å². The van der Waals surface area contributed by atoms with Gasteiger partial charge in [-0.15, -0.1) is 0 Å². The molecule has 1 saturated heterocycles. The predicted octanol–water partition coefficient (Wildman–Crippen LogP) is 1.33. The zero-order valence-electron chi connectivity index (χ0n) is 11.8. The molecule has 110 valence electrons. The van der Waals surface area contributed by atoms with Crippen LogP contribution >= 0.6 is 0 Å². The van der Waals surface area contributed by atoms with Gasteiger partial charge >= 0.3 is 5.97 Å². The molecule has 1 atom stereocenters. The molecule has 1 amide bonds. The van der Waals surface area contributed by atoms with Gasteiger partial charge in [0, 0.05) is 12.6 Å². The van der Waals surface area contributed by atoms with Gasteiger partial charge in [0.2, 0.25) is 0 Å². The van der Waals surface area contributed by atoms with Crippen LogP contribution in [0.2, 0.25) is 0 Å². The van der Waals surface area contributed by atoms with Crippen molar-refractivity contribution in [2.45, 2.75) is 45.6 Å². The van der Waals surface area contributed by atoms with Crippen molar-refractivity contribution in [3.63, 3.8) is 0 Å². The fraction of sp³-hybridized carbons (Fsp3) is 0.692. The number of nitrogens with zero attached hydrogens (tertiary/aromatic N) is 3. The summed E-state index contributed by atoms with van der Waals surface area (Å²) >= 11 is 0. The first-order valence-corrected chi connectivity index (χ1v) is 6.89. The van der Waals surface area contributed by atoms with Gasteiger partial charge in [-0.25, -0.2) is 4.63 Å². The molecule has 0 N–H and O–H groups in total. The van der Waals surface area contributed by atoms with Gasteiger partial charge in [0.15, 0.2) is 5.69 Å². The largest absolute Gasteiger partial charge is 0.466 e. The van der Waals surface area contributed by atoms with E-state index in [1.165, 1.54) is 0 Å². The number of amides is 1. The first kappa shape index (κ1) is 14.5. The van der Waals surface area contributed by atoms with Crippen LogP contribution in [0.25, 0.3) is 0 Å². The number of aryl methyl sites for hydroxylation is 1. The van der Waals surface area contributed by atoms with Gasteiger partial charge < -0.3 is 9.64 Å². The number of aromatic nitrogens is 2. The average molecular weight is 281 g/mol. The van der Waals surface area contributed by atoms with Crippen LogP contribution in [0.3, 0.4) is 0 Å². The molecule has 7 nitrogen and oxygen atoms in total. The number of carbonyl (C=O) groups is 2. The molecule has 1 aromatic heterocycles. The molecule has 1 aromatic rings. The Kier molecular flexibility index (Phi) is 4.70. The molecule has 0 bridgehead atoms. The molecule has 7 heteroatoms. The monoisotopic (exact) mass is 281 g/mol. The summed E-state index contributed by atoms with van der Waals surface area (Å²) in [5.41, 5.74) is 0.691. The fourth-order valence-electron chi connectivity index (χ4n) is 2.45. The van der Waals surface area contributed by atoms with Crippen LogP contribution in [0, 0.1) is 6.92 Å². The number of likely N-dealkylation sites (tertiary alicyclic amines) is 1. The van der Waals surface area contributed by atoms with Crippen LogP contribution < -0.4 is 0 Å². The molecule has 1 unspecified atom stereocenters. The van der Waals surface area contributed by atoms with Gasteiger partial charge in [0.25, 0.3) is 5.91 Å². The van der Waals surface area contributed by atoms with Gasteiger partial charge in [0.1, 0.15) is 5.69 Å². The molecule has 0 aromatic carbocycles. The zero-order chi connectivity index (χ0) is 14.5. The van der Waals surface area contributed by atoms with Crippen molar-refractivity contribution < 1.29 is 19.0 Å². The molecular weight excluding hydrogens is 262 g/mol. The van der Waals surface area contributed by atoms with Crippen LogP contribution in [0.4, 0.5) is 0 Å². The van der Waals surface area contributed by atoms with E-state index in [9.17, 15) is 9.59 Å². The lowest BCUT2D eigenvalue weighted by Crippen LogP contribution is -2.45. The summed E-state index contributed by atoms with van der Waals surface area (Å²) < 4.78 is 9.54. The average Bonchev–Trinajstić information content (AvgIpc) is 2.85. The van der Waals surface area contributed by atoms with Crippen LogP contribution in [0.15, 0.2) is 4.63 Å². The quantitative estimate of drug-likeness (QED) is 0.774. The minimum Gasteiger partial charge on any atom is -0.466 e. The highest BCUT2D eigenvalue weighted by Crippen LogP contribution is 2.22. The third kappa shape index (κ3) is 3.15. The second-order valence-corrected chi connectivity index (χ2v) is 4.86. The van der Waals surface area contributed by atoms with Crippen LogP contribution in [0.1, 0.15) is 48.8 Å². The van der Waals surface area contributed by atoms with Crippen LogP contribution in [0.5, 0.6) is 0 Å². The Morgan fingerprint density at radius 3 is 2.85 bits per heavy atom. The van der Waals surface area contributed by atoms with Crippen molar-refractivity contribution in [3.05, 3.63) is 11.4 Å².